The predicted molar refractivity (Wildman–Crippen MR) is 74.4 cm³/mol. The zero-order valence-electron chi connectivity index (χ0n) is 10.3. The van der Waals surface area contributed by atoms with Crippen LogP contribution in [-0.4, -0.2) is 26.3 Å². The molecule has 2 N–H and O–H groups in total. The molecule has 0 atom stereocenters. The second kappa shape index (κ2) is 5.81. The lowest BCUT2D eigenvalue weighted by molar-refractivity contribution is 0.747. The zero-order valence-corrected chi connectivity index (χ0v) is 11.9. The summed E-state index contributed by atoms with van der Waals surface area (Å²) in [5, 5.41) is 10.7. The highest BCUT2D eigenvalue weighted by molar-refractivity contribution is 9.10. The van der Waals surface area contributed by atoms with Crippen LogP contribution >= 0.6 is 15.9 Å². The van der Waals surface area contributed by atoms with E-state index in [-0.39, 0.29) is 0 Å². The van der Waals surface area contributed by atoms with Gasteiger partial charge >= 0.3 is 0 Å². The highest BCUT2D eigenvalue weighted by Gasteiger charge is 2.07. The molecule has 0 spiro atoms. The van der Waals surface area contributed by atoms with E-state index < -0.39 is 0 Å². The fraction of sp³-hybridized carbons (Fsp3) is 0.364. The molecule has 0 amide bonds. The number of hydrogen-bond donors (Lipinski definition) is 2. The maximum absolute atomic E-state index is 4.29. The van der Waals surface area contributed by atoms with Crippen molar-refractivity contribution in [3.8, 4) is 0 Å². The van der Waals surface area contributed by atoms with Crippen molar-refractivity contribution >= 4 is 27.6 Å². The van der Waals surface area contributed by atoms with Gasteiger partial charge in [0.1, 0.15) is 22.4 Å². The van der Waals surface area contributed by atoms with Gasteiger partial charge in [-0.3, -0.25) is 4.68 Å². The lowest BCUT2D eigenvalue weighted by Gasteiger charge is -2.09. The number of halogens is 1. The maximum atomic E-state index is 4.29. The third-order valence-electron chi connectivity index (χ3n) is 2.34. The van der Waals surface area contributed by atoms with Crippen LogP contribution in [0.25, 0.3) is 0 Å². The van der Waals surface area contributed by atoms with Crippen LogP contribution in [0.5, 0.6) is 0 Å². The quantitative estimate of drug-likeness (QED) is 0.884. The molecule has 0 unspecified atom stereocenters. The summed E-state index contributed by atoms with van der Waals surface area (Å²) in [4.78, 5) is 8.36. The molecule has 2 heterocycles. The molecule has 18 heavy (non-hydrogen) atoms. The number of nitrogens with zero attached hydrogens (tertiary/aromatic N) is 4. The first-order valence-electron chi connectivity index (χ1n) is 5.67. The van der Waals surface area contributed by atoms with Gasteiger partial charge in [0.25, 0.3) is 0 Å². The topological polar surface area (TPSA) is 67.7 Å². The van der Waals surface area contributed by atoms with E-state index in [9.17, 15) is 0 Å². The number of aryl methyl sites for hydroxylation is 1. The summed E-state index contributed by atoms with van der Waals surface area (Å²) >= 11 is 3.49. The van der Waals surface area contributed by atoms with Gasteiger partial charge in [-0.2, -0.15) is 5.10 Å². The van der Waals surface area contributed by atoms with Crippen molar-refractivity contribution in [2.75, 3.05) is 17.2 Å². The van der Waals surface area contributed by atoms with Gasteiger partial charge in [-0.05, 0) is 28.9 Å². The molecule has 2 aromatic rings. The Labute approximate surface area is 114 Å². The molecule has 0 radical (unpaired) electrons. The van der Waals surface area contributed by atoms with Crippen molar-refractivity contribution in [2.24, 2.45) is 7.05 Å². The second-order valence-corrected chi connectivity index (χ2v) is 4.54. The van der Waals surface area contributed by atoms with Gasteiger partial charge in [-0.25, -0.2) is 9.97 Å². The molecule has 2 rings (SSSR count). The van der Waals surface area contributed by atoms with E-state index in [2.05, 4.69) is 41.6 Å². The smallest absolute Gasteiger partial charge is 0.146 e. The number of nitrogens with one attached hydrogen (secondary N) is 2. The SMILES string of the molecule is CCNc1ncnc(NCc2ccn(C)n2)c1Br. The molecule has 0 aliphatic rings. The van der Waals surface area contributed by atoms with E-state index in [0.29, 0.717) is 6.54 Å². The molecule has 96 valence electrons. The summed E-state index contributed by atoms with van der Waals surface area (Å²) in [6.45, 7) is 3.47. The normalized spacial score (nSPS) is 10.4. The third kappa shape index (κ3) is 2.98. The van der Waals surface area contributed by atoms with Crippen LogP contribution in [0.15, 0.2) is 23.1 Å². The Kier molecular flexibility index (Phi) is 4.14. The lowest BCUT2D eigenvalue weighted by Crippen LogP contribution is -2.07. The Morgan fingerprint density at radius 3 is 2.61 bits per heavy atom. The molecule has 0 bridgehead atoms. The summed E-state index contributed by atoms with van der Waals surface area (Å²) in [5.74, 6) is 1.54. The molecular formula is C11H15BrN6. The van der Waals surface area contributed by atoms with E-state index in [0.717, 1.165) is 28.3 Å². The molecule has 2 aromatic heterocycles. The largest absolute Gasteiger partial charge is 0.369 e. The van der Waals surface area contributed by atoms with Gasteiger partial charge in [0.15, 0.2) is 0 Å². The first-order valence-corrected chi connectivity index (χ1v) is 6.46. The average Bonchev–Trinajstić information content (AvgIpc) is 2.77. The molecule has 6 nitrogen and oxygen atoms in total. The van der Waals surface area contributed by atoms with Crippen LogP contribution < -0.4 is 10.6 Å². The van der Waals surface area contributed by atoms with Gasteiger partial charge in [-0.1, -0.05) is 0 Å². The average molecular weight is 311 g/mol. The van der Waals surface area contributed by atoms with E-state index in [4.69, 9.17) is 0 Å². The van der Waals surface area contributed by atoms with Gasteiger partial charge < -0.3 is 10.6 Å². The second-order valence-electron chi connectivity index (χ2n) is 3.75. The van der Waals surface area contributed by atoms with Crippen molar-refractivity contribution in [3.63, 3.8) is 0 Å². The summed E-state index contributed by atoms with van der Waals surface area (Å²) in [5.41, 5.74) is 0.966. The minimum Gasteiger partial charge on any atom is -0.369 e. The van der Waals surface area contributed by atoms with E-state index in [1.165, 1.54) is 6.33 Å². The van der Waals surface area contributed by atoms with Crippen LogP contribution in [0.2, 0.25) is 0 Å². The van der Waals surface area contributed by atoms with Crippen molar-refractivity contribution < 1.29 is 0 Å². The van der Waals surface area contributed by atoms with Gasteiger partial charge in [0.2, 0.25) is 0 Å². The fourth-order valence-electron chi connectivity index (χ4n) is 1.52. The minimum absolute atomic E-state index is 0.627. The van der Waals surface area contributed by atoms with Crippen molar-refractivity contribution in [2.45, 2.75) is 13.5 Å². The van der Waals surface area contributed by atoms with Crippen molar-refractivity contribution in [1.29, 1.82) is 0 Å². The predicted octanol–water partition coefficient (Wildman–Crippen LogP) is 2.02. The van der Waals surface area contributed by atoms with Crippen LogP contribution in [0.3, 0.4) is 0 Å². The summed E-state index contributed by atoms with van der Waals surface area (Å²) in [6.07, 6.45) is 3.44. The molecule has 7 heteroatoms. The van der Waals surface area contributed by atoms with Gasteiger partial charge in [0.05, 0.1) is 12.2 Å². The fourth-order valence-corrected chi connectivity index (χ4v) is 2.00. The molecule has 0 fully saturated rings. The first kappa shape index (κ1) is 12.8. The molecule has 0 saturated carbocycles. The molecule has 0 aliphatic carbocycles. The number of rotatable bonds is 5. The molecule has 0 aliphatic heterocycles. The maximum Gasteiger partial charge on any atom is 0.146 e. The van der Waals surface area contributed by atoms with Crippen LogP contribution in [-0.2, 0) is 13.6 Å². The molecule has 0 saturated heterocycles. The van der Waals surface area contributed by atoms with E-state index >= 15 is 0 Å². The number of aromatic nitrogens is 4. The Hall–Kier alpha value is -1.63. The summed E-state index contributed by atoms with van der Waals surface area (Å²) in [6, 6.07) is 1.97. The number of anilines is 2. The van der Waals surface area contributed by atoms with Crippen LogP contribution in [0.4, 0.5) is 11.6 Å². The standard InChI is InChI=1S/C11H15BrN6/c1-3-13-10-9(12)11(16-7-15-10)14-6-8-4-5-18(2)17-8/h4-5,7H,3,6H2,1-2H3,(H2,13,14,15,16). The van der Waals surface area contributed by atoms with Crippen molar-refractivity contribution in [1.82, 2.24) is 19.7 Å². The molecule has 0 aromatic carbocycles. The van der Waals surface area contributed by atoms with Gasteiger partial charge in [0, 0.05) is 19.8 Å². The van der Waals surface area contributed by atoms with Crippen LogP contribution in [0, 0.1) is 0 Å². The Bertz CT molecular complexity index is 524. The van der Waals surface area contributed by atoms with Crippen LogP contribution in [0.1, 0.15) is 12.6 Å². The van der Waals surface area contributed by atoms with E-state index in [1.807, 2.05) is 26.2 Å². The summed E-state index contributed by atoms with van der Waals surface area (Å²) < 4.78 is 2.61. The zero-order chi connectivity index (χ0) is 13.0. The number of hydrogen-bond acceptors (Lipinski definition) is 5. The first-order chi connectivity index (χ1) is 8.70. The third-order valence-corrected chi connectivity index (χ3v) is 3.09. The highest BCUT2D eigenvalue weighted by Crippen LogP contribution is 2.26. The van der Waals surface area contributed by atoms with Crippen molar-refractivity contribution in [3.05, 3.63) is 28.8 Å². The molecular weight excluding hydrogens is 296 g/mol. The Morgan fingerprint density at radius 2 is 2.00 bits per heavy atom. The minimum atomic E-state index is 0.627. The monoisotopic (exact) mass is 310 g/mol. The summed E-state index contributed by atoms with van der Waals surface area (Å²) in [7, 11) is 1.90. The van der Waals surface area contributed by atoms with E-state index in [1.54, 1.807) is 4.68 Å². The lowest BCUT2D eigenvalue weighted by atomic mass is 10.4. The van der Waals surface area contributed by atoms with Gasteiger partial charge in [-0.15, -0.1) is 0 Å². The highest BCUT2D eigenvalue weighted by atomic mass is 79.9. The Balaban J connectivity index is 2.07. The Morgan fingerprint density at radius 1 is 1.28 bits per heavy atom.